The molecule has 0 fully saturated rings. The normalized spacial score (nSPS) is 10.5. The minimum Gasteiger partial charge on any atom is -0.316 e. The van der Waals surface area contributed by atoms with E-state index in [-0.39, 0.29) is 0 Å². The van der Waals surface area contributed by atoms with Crippen molar-refractivity contribution in [3.8, 4) is 0 Å². The third-order valence-corrected chi connectivity index (χ3v) is 2.01. The first kappa shape index (κ1) is 7.79. The molecule has 13 heavy (non-hydrogen) atoms. The van der Waals surface area contributed by atoms with Gasteiger partial charge < -0.3 is 9.55 Å². The van der Waals surface area contributed by atoms with Crippen LogP contribution >= 0.6 is 0 Å². The lowest BCUT2D eigenvalue weighted by atomic mass is 10.3. The smallest absolute Gasteiger partial charge is 0.316 e. The second-order valence-corrected chi connectivity index (χ2v) is 2.84. The molecule has 1 aromatic heterocycles. The number of hydrogen-bond acceptors (Lipinski definition) is 2. The molecule has 0 aliphatic heterocycles. The maximum Gasteiger partial charge on any atom is 0.316 e. The second-order valence-electron chi connectivity index (χ2n) is 2.84. The van der Waals surface area contributed by atoms with Gasteiger partial charge in [0.25, 0.3) is 0 Å². The summed E-state index contributed by atoms with van der Waals surface area (Å²) in [5.41, 5.74) is 0.293. The van der Waals surface area contributed by atoms with Crippen LogP contribution < -0.4 is 11.1 Å². The Kier molecular flexibility index (Phi) is 1.55. The predicted molar refractivity (Wildman–Crippen MR) is 49.8 cm³/mol. The molecule has 1 N–H and O–H groups in total. The molecule has 0 saturated heterocycles. The number of para-hydroxylation sites is 2. The lowest BCUT2D eigenvalue weighted by Crippen LogP contribution is -2.34. The number of fused-ring (bicyclic) bond motifs is 1. The zero-order chi connectivity index (χ0) is 9.42. The first-order valence-corrected chi connectivity index (χ1v) is 3.88. The van der Waals surface area contributed by atoms with Crippen molar-refractivity contribution in [2.45, 2.75) is 0 Å². The topological polar surface area (TPSA) is 54.9 Å². The lowest BCUT2D eigenvalue weighted by molar-refractivity contribution is 0.874. The van der Waals surface area contributed by atoms with Crippen molar-refractivity contribution < 1.29 is 0 Å². The third-order valence-electron chi connectivity index (χ3n) is 2.01. The number of rotatable bonds is 0. The Morgan fingerprint density at radius 1 is 1.23 bits per heavy atom. The van der Waals surface area contributed by atoms with Crippen LogP contribution in [0.15, 0.2) is 33.9 Å². The van der Waals surface area contributed by atoms with Crippen molar-refractivity contribution in [3.05, 3.63) is 45.0 Å². The van der Waals surface area contributed by atoms with Gasteiger partial charge in [-0.2, -0.15) is 0 Å². The van der Waals surface area contributed by atoms with E-state index >= 15 is 0 Å². The van der Waals surface area contributed by atoms with Gasteiger partial charge in [0.2, 0.25) is 0 Å². The quantitative estimate of drug-likeness (QED) is 0.584. The zero-order valence-corrected chi connectivity index (χ0v) is 7.07. The summed E-state index contributed by atoms with van der Waals surface area (Å²) in [7, 11) is 1.58. The largest absolute Gasteiger partial charge is 0.316 e. The molecule has 4 nitrogen and oxygen atoms in total. The average Bonchev–Trinajstić information content (AvgIpc) is 2.15. The number of benzene rings is 1. The van der Waals surface area contributed by atoms with Crippen molar-refractivity contribution >= 4 is 11.0 Å². The van der Waals surface area contributed by atoms with Gasteiger partial charge in [-0.1, -0.05) is 12.1 Å². The van der Waals surface area contributed by atoms with Crippen LogP contribution in [0.5, 0.6) is 0 Å². The molecule has 66 valence electrons. The van der Waals surface area contributed by atoms with Crippen molar-refractivity contribution in [1.29, 1.82) is 0 Å². The van der Waals surface area contributed by atoms with E-state index in [1.165, 1.54) is 4.57 Å². The Hall–Kier alpha value is -1.84. The fourth-order valence-electron chi connectivity index (χ4n) is 1.31. The van der Waals surface area contributed by atoms with E-state index in [2.05, 4.69) is 4.98 Å². The molecule has 1 heterocycles. The van der Waals surface area contributed by atoms with Crippen LogP contribution in [0.25, 0.3) is 11.0 Å². The molecule has 0 aliphatic carbocycles. The molecule has 2 rings (SSSR count). The van der Waals surface area contributed by atoms with E-state index in [1.54, 1.807) is 19.2 Å². The number of nitrogens with one attached hydrogen (secondary N) is 1. The van der Waals surface area contributed by atoms with Crippen LogP contribution in [0, 0.1) is 0 Å². The van der Waals surface area contributed by atoms with Gasteiger partial charge in [-0.3, -0.25) is 9.59 Å². The van der Waals surface area contributed by atoms with Crippen LogP contribution in [0.4, 0.5) is 0 Å². The highest BCUT2D eigenvalue weighted by molar-refractivity contribution is 5.73. The minimum absolute atomic E-state index is 0.529. The highest BCUT2D eigenvalue weighted by Gasteiger charge is 2.01. The van der Waals surface area contributed by atoms with Gasteiger partial charge in [-0.15, -0.1) is 0 Å². The molecular formula is C9H8N2O2. The molecule has 0 unspecified atom stereocenters. The molecule has 0 amide bonds. The van der Waals surface area contributed by atoms with Crippen molar-refractivity contribution in [2.24, 2.45) is 7.05 Å². The Labute approximate surface area is 73.5 Å². The Balaban J connectivity index is 3.11. The van der Waals surface area contributed by atoms with E-state index in [0.29, 0.717) is 5.52 Å². The first-order valence-electron chi connectivity index (χ1n) is 3.88. The van der Waals surface area contributed by atoms with Gasteiger partial charge in [-0.05, 0) is 12.1 Å². The maximum absolute atomic E-state index is 11.2. The number of nitrogens with zero attached hydrogens (tertiary/aromatic N) is 1. The number of aryl methyl sites for hydroxylation is 1. The van der Waals surface area contributed by atoms with Crippen molar-refractivity contribution in [2.75, 3.05) is 0 Å². The molecule has 0 radical (unpaired) electrons. The minimum atomic E-state index is -0.582. The number of hydrogen-bond donors (Lipinski definition) is 1. The van der Waals surface area contributed by atoms with Gasteiger partial charge in [0, 0.05) is 7.05 Å². The van der Waals surface area contributed by atoms with E-state index in [4.69, 9.17) is 0 Å². The molecular weight excluding hydrogens is 168 g/mol. The summed E-state index contributed by atoms with van der Waals surface area (Å²) < 4.78 is 1.34. The van der Waals surface area contributed by atoms with Gasteiger partial charge >= 0.3 is 11.1 Å². The summed E-state index contributed by atoms with van der Waals surface area (Å²) in [6, 6.07) is 7.17. The molecule has 0 aliphatic rings. The molecule has 4 heteroatoms. The van der Waals surface area contributed by atoms with Crippen LogP contribution in [-0.2, 0) is 7.05 Å². The predicted octanol–water partition coefficient (Wildman–Crippen LogP) is 0.227. The Bertz CT molecular complexity index is 566. The molecule has 0 atom stereocenters. The zero-order valence-electron chi connectivity index (χ0n) is 7.07. The molecule has 2 aromatic rings. The van der Waals surface area contributed by atoms with E-state index in [9.17, 15) is 9.59 Å². The standard InChI is InChI=1S/C9H8N2O2/c1-11-7-5-3-2-4-6(7)10-8(12)9(11)13/h2-5H,1H3,(H,10,12). The van der Waals surface area contributed by atoms with Crippen LogP contribution in [0.2, 0.25) is 0 Å². The maximum atomic E-state index is 11.2. The van der Waals surface area contributed by atoms with Gasteiger partial charge in [0.1, 0.15) is 0 Å². The van der Waals surface area contributed by atoms with Crippen LogP contribution in [-0.4, -0.2) is 9.55 Å². The van der Waals surface area contributed by atoms with E-state index in [0.717, 1.165) is 5.52 Å². The van der Waals surface area contributed by atoms with E-state index < -0.39 is 11.1 Å². The third kappa shape index (κ3) is 1.07. The fourth-order valence-corrected chi connectivity index (χ4v) is 1.31. The summed E-state index contributed by atoms with van der Waals surface area (Å²) >= 11 is 0. The van der Waals surface area contributed by atoms with Gasteiger partial charge in [0.05, 0.1) is 11.0 Å². The number of aromatic nitrogens is 2. The van der Waals surface area contributed by atoms with Crippen molar-refractivity contribution in [3.63, 3.8) is 0 Å². The lowest BCUT2D eigenvalue weighted by Gasteiger charge is -2.01. The van der Waals surface area contributed by atoms with Gasteiger partial charge in [0.15, 0.2) is 0 Å². The average molecular weight is 176 g/mol. The molecule has 0 spiro atoms. The van der Waals surface area contributed by atoms with Crippen molar-refractivity contribution in [1.82, 2.24) is 9.55 Å². The fraction of sp³-hybridized carbons (Fsp3) is 0.111. The van der Waals surface area contributed by atoms with Gasteiger partial charge in [-0.25, -0.2) is 0 Å². The Morgan fingerprint density at radius 3 is 2.69 bits per heavy atom. The highest BCUT2D eigenvalue weighted by Crippen LogP contribution is 2.04. The Morgan fingerprint density at radius 2 is 1.92 bits per heavy atom. The monoisotopic (exact) mass is 176 g/mol. The summed E-state index contributed by atoms with van der Waals surface area (Å²) in [5.74, 6) is 0. The summed E-state index contributed by atoms with van der Waals surface area (Å²) in [6.07, 6.45) is 0. The molecule has 0 bridgehead atoms. The summed E-state index contributed by atoms with van der Waals surface area (Å²) in [6.45, 7) is 0. The second kappa shape index (κ2) is 2.58. The number of aromatic amines is 1. The SMILES string of the molecule is Cn1c(=O)c(=O)[nH]c2ccccc21. The molecule has 0 saturated carbocycles. The van der Waals surface area contributed by atoms with E-state index in [1.807, 2.05) is 12.1 Å². The highest BCUT2D eigenvalue weighted by atomic mass is 16.2. The summed E-state index contributed by atoms with van der Waals surface area (Å²) in [4.78, 5) is 24.8. The molecule has 1 aromatic carbocycles. The van der Waals surface area contributed by atoms with Crippen LogP contribution in [0.1, 0.15) is 0 Å². The summed E-state index contributed by atoms with van der Waals surface area (Å²) in [5, 5.41) is 0. The first-order chi connectivity index (χ1) is 6.20. The number of H-pyrrole nitrogens is 1. The van der Waals surface area contributed by atoms with Crippen LogP contribution in [0.3, 0.4) is 0 Å².